The van der Waals surface area contributed by atoms with E-state index in [1.165, 1.54) is 19.7 Å². The first-order valence-electron chi connectivity index (χ1n) is 8.38. The molecule has 1 aromatic carbocycles. The average Bonchev–Trinajstić information content (AvgIpc) is 2.62. The predicted molar refractivity (Wildman–Crippen MR) is 93.2 cm³/mol. The molecule has 25 heavy (non-hydrogen) atoms. The Morgan fingerprint density at radius 3 is 2.44 bits per heavy atom. The summed E-state index contributed by atoms with van der Waals surface area (Å²) in [5.41, 5.74) is 3.47. The molecular weight excluding hydrogens is 322 g/mol. The van der Waals surface area contributed by atoms with Crippen molar-refractivity contribution >= 4 is 24.0 Å². The SMILES string of the molecule is COC(=O)c1ccc(/C=N\NC(=O)CC(=O)NC2CCCCC2)cc1. The zero-order valence-electron chi connectivity index (χ0n) is 14.3. The highest BCUT2D eigenvalue weighted by Gasteiger charge is 2.17. The number of rotatable bonds is 6. The molecule has 2 N–H and O–H groups in total. The fourth-order valence-corrected chi connectivity index (χ4v) is 2.71. The standard InChI is InChI=1S/C18H23N3O4/c1-25-18(24)14-9-7-13(8-10-14)12-19-21-17(23)11-16(22)20-15-5-3-2-4-6-15/h7-10,12,15H,2-6,11H2,1H3,(H,20,22)(H,21,23)/b19-12-. The molecule has 0 aliphatic heterocycles. The van der Waals surface area contributed by atoms with Gasteiger partial charge < -0.3 is 10.1 Å². The third-order valence-electron chi connectivity index (χ3n) is 4.03. The van der Waals surface area contributed by atoms with E-state index < -0.39 is 11.9 Å². The van der Waals surface area contributed by atoms with Crippen molar-refractivity contribution in [3.05, 3.63) is 35.4 Å². The van der Waals surface area contributed by atoms with Crippen LogP contribution in [0.5, 0.6) is 0 Å². The molecule has 0 saturated heterocycles. The number of amides is 2. The molecule has 1 saturated carbocycles. The molecule has 1 aliphatic carbocycles. The van der Waals surface area contributed by atoms with E-state index in [1.807, 2.05) is 0 Å². The number of hydrazone groups is 1. The highest BCUT2D eigenvalue weighted by molar-refractivity contribution is 5.97. The zero-order chi connectivity index (χ0) is 18.1. The molecule has 0 radical (unpaired) electrons. The minimum atomic E-state index is -0.462. The molecule has 134 valence electrons. The fourth-order valence-electron chi connectivity index (χ4n) is 2.71. The summed E-state index contributed by atoms with van der Waals surface area (Å²) in [6, 6.07) is 6.75. The van der Waals surface area contributed by atoms with Gasteiger partial charge >= 0.3 is 5.97 Å². The first kappa shape index (κ1) is 18.6. The Hall–Kier alpha value is -2.70. The third kappa shape index (κ3) is 6.37. The third-order valence-corrected chi connectivity index (χ3v) is 4.03. The summed E-state index contributed by atoms with van der Waals surface area (Å²) in [4.78, 5) is 34.9. The summed E-state index contributed by atoms with van der Waals surface area (Å²) in [7, 11) is 1.32. The van der Waals surface area contributed by atoms with E-state index in [1.54, 1.807) is 24.3 Å². The van der Waals surface area contributed by atoms with Crippen molar-refractivity contribution in [2.45, 2.75) is 44.6 Å². The first-order valence-corrected chi connectivity index (χ1v) is 8.38. The van der Waals surface area contributed by atoms with Crippen LogP contribution in [0.15, 0.2) is 29.4 Å². The first-order chi connectivity index (χ1) is 12.1. The summed E-state index contributed by atoms with van der Waals surface area (Å²) >= 11 is 0. The smallest absolute Gasteiger partial charge is 0.337 e. The van der Waals surface area contributed by atoms with Crippen LogP contribution in [0.4, 0.5) is 0 Å². The predicted octanol–water partition coefficient (Wildman–Crippen LogP) is 1.76. The minimum absolute atomic E-state index is 0.186. The lowest BCUT2D eigenvalue weighted by Crippen LogP contribution is -2.38. The van der Waals surface area contributed by atoms with E-state index in [4.69, 9.17) is 0 Å². The van der Waals surface area contributed by atoms with Crippen LogP contribution in [0.2, 0.25) is 0 Å². The maximum atomic E-state index is 11.8. The van der Waals surface area contributed by atoms with Crippen LogP contribution >= 0.6 is 0 Å². The quantitative estimate of drug-likeness (QED) is 0.355. The molecule has 0 aromatic heterocycles. The van der Waals surface area contributed by atoms with Gasteiger partial charge in [-0.3, -0.25) is 9.59 Å². The number of methoxy groups -OCH3 is 1. The van der Waals surface area contributed by atoms with Crippen molar-refractivity contribution in [2.24, 2.45) is 5.10 Å². The molecular formula is C18H23N3O4. The van der Waals surface area contributed by atoms with Crippen molar-refractivity contribution < 1.29 is 19.1 Å². The normalized spacial score (nSPS) is 14.9. The molecule has 1 fully saturated rings. The second-order valence-corrected chi connectivity index (χ2v) is 5.99. The van der Waals surface area contributed by atoms with Crippen molar-refractivity contribution in [3.8, 4) is 0 Å². The number of benzene rings is 1. The number of hydrogen-bond donors (Lipinski definition) is 2. The van der Waals surface area contributed by atoms with Crippen LogP contribution in [0, 0.1) is 0 Å². The molecule has 2 rings (SSSR count). The van der Waals surface area contributed by atoms with Crippen molar-refractivity contribution in [2.75, 3.05) is 7.11 Å². The van der Waals surface area contributed by atoms with E-state index in [0.717, 1.165) is 25.7 Å². The minimum Gasteiger partial charge on any atom is -0.465 e. The van der Waals surface area contributed by atoms with E-state index >= 15 is 0 Å². The molecule has 2 amide bonds. The average molecular weight is 345 g/mol. The van der Waals surface area contributed by atoms with Crippen molar-refractivity contribution in [1.82, 2.24) is 10.7 Å². The fraction of sp³-hybridized carbons (Fsp3) is 0.444. The van der Waals surface area contributed by atoms with Gasteiger partial charge in [0.05, 0.1) is 18.9 Å². The number of nitrogens with one attached hydrogen (secondary N) is 2. The lowest BCUT2D eigenvalue weighted by Gasteiger charge is -2.22. The van der Waals surface area contributed by atoms with Crippen molar-refractivity contribution in [3.63, 3.8) is 0 Å². The lowest BCUT2D eigenvalue weighted by atomic mass is 9.95. The Morgan fingerprint density at radius 1 is 1.12 bits per heavy atom. The van der Waals surface area contributed by atoms with Gasteiger partial charge in [-0.25, -0.2) is 10.2 Å². The molecule has 7 heteroatoms. The molecule has 0 spiro atoms. The van der Waals surface area contributed by atoms with E-state index in [9.17, 15) is 14.4 Å². The van der Waals surface area contributed by atoms with E-state index in [-0.39, 0.29) is 18.4 Å². The van der Waals surface area contributed by atoms with Gasteiger partial charge in [0.2, 0.25) is 11.8 Å². The Morgan fingerprint density at radius 2 is 1.80 bits per heavy atom. The monoisotopic (exact) mass is 345 g/mol. The topological polar surface area (TPSA) is 96.9 Å². The number of hydrogen-bond acceptors (Lipinski definition) is 5. The van der Waals surface area contributed by atoms with Gasteiger partial charge in [0.1, 0.15) is 6.42 Å². The summed E-state index contributed by atoms with van der Waals surface area (Å²) in [6.45, 7) is 0. The molecule has 7 nitrogen and oxygen atoms in total. The van der Waals surface area contributed by atoms with Crippen LogP contribution in [-0.2, 0) is 14.3 Å². The van der Waals surface area contributed by atoms with Gasteiger partial charge in [-0.15, -0.1) is 0 Å². The largest absolute Gasteiger partial charge is 0.465 e. The summed E-state index contributed by atoms with van der Waals surface area (Å²) in [5, 5.41) is 6.70. The molecule has 0 unspecified atom stereocenters. The molecule has 0 atom stereocenters. The zero-order valence-corrected chi connectivity index (χ0v) is 14.3. The Kier molecular flexibility index (Phi) is 7.13. The van der Waals surface area contributed by atoms with Crippen LogP contribution < -0.4 is 10.7 Å². The summed E-state index contributed by atoms with van der Waals surface area (Å²) in [6.07, 6.45) is 6.61. The number of esters is 1. The molecule has 1 aliphatic rings. The maximum absolute atomic E-state index is 11.8. The van der Waals surface area contributed by atoms with Gasteiger partial charge in [0.25, 0.3) is 0 Å². The Balaban J connectivity index is 1.74. The maximum Gasteiger partial charge on any atom is 0.337 e. The second-order valence-electron chi connectivity index (χ2n) is 5.99. The number of nitrogens with zero attached hydrogens (tertiary/aromatic N) is 1. The molecule has 1 aromatic rings. The van der Waals surface area contributed by atoms with Crippen LogP contribution in [0.3, 0.4) is 0 Å². The second kappa shape index (κ2) is 9.56. The van der Waals surface area contributed by atoms with Gasteiger partial charge in [-0.2, -0.15) is 5.10 Å². The highest BCUT2D eigenvalue weighted by Crippen LogP contribution is 2.17. The van der Waals surface area contributed by atoms with Gasteiger partial charge in [0.15, 0.2) is 0 Å². The highest BCUT2D eigenvalue weighted by atomic mass is 16.5. The summed E-state index contributed by atoms with van der Waals surface area (Å²) in [5.74, 6) is -1.15. The van der Waals surface area contributed by atoms with Gasteiger partial charge in [-0.1, -0.05) is 31.4 Å². The van der Waals surface area contributed by atoms with E-state index in [2.05, 4.69) is 20.6 Å². The van der Waals surface area contributed by atoms with Crippen LogP contribution in [-0.4, -0.2) is 37.1 Å². The van der Waals surface area contributed by atoms with Crippen LogP contribution in [0.1, 0.15) is 54.4 Å². The number of carbonyl (C=O) groups excluding carboxylic acids is 3. The number of ether oxygens (including phenoxy) is 1. The molecule has 0 bridgehead atoms. The molecule has 0 heterocycles. The van der Waals surface area contributed by atoms with Gasteiger partial charge in [0, 0.05) is 6.04 Å². The Labute approximate surface area is 146 Å². The summed E-state index contributed by atoms with van der Waals surface area (Å²) < 4.78 is 4.61. The Bertz CT molecular complexity index is 634. The van der Waals surface area contributed by atoms with E-state index in [0.29, 0.717) is 11.1 Å². The van der Waals surface area contributed by atoms with Gasteiger partial charge in [-0.05, 0) is 30.5 Å². The number of carbonyl (C=O) groups is 3. The van der Waals surface area contributed by atoms with Crippen molar-refractivity contribution in [1.29, 1.82) is 0 Å². The van der Waals surface area contributed by atoms with Crippen LogP contribution in [0.25, 0.3) is 0 Å². The lowest BCUT2D eigenvalue weighted by molar-refractivity contribution is -0.129.